The first-order chi connectivity index (χ1) is 11.7. The molecule has 7 heteroatoms. The van der Waals surface area contributed by atoms with Crippen LogP contribution in [0, 0.1) is 11.5 Å². The molecule has 0 aliphatic carbocycles. The molecule has 1 aromatic heterocycles. The molecule has 1 amide bonds. The van der Waals surface area contributed by atoms with Crippen molar-refractivity contribution in [1.82, 2.24) is 4.98 Å². The Balaban J connectivity index is 2.19. The van der Waals surface area contributed by atoms with Gasteiger partial charge in [-0.05, 0) is 18.2 Å². The monoisotopic (exact) mass is 373 g/mol. The second-order valence-electron chi connectivity index (χ2n) is 6.46. The number of rotatable bonds is 3. The van der Waals surface area contributed by atoms with E-state index in [-0.39, 0.29) is 11.3 Å². The van der Waals surface area contributed by atoms with E-state index >= 15 is 0 Å². The average molecular weight is 374 g/mol. The number of methoxy groups -OCH3 is 1. The van der Waals surface area contributed by atoms with Gasteiger partial charge in [0.05, 0.1) is 18.4 Å². The number of nitrogens with one attached hydrogen (secondary N) is 1. The van der Waals surface area contributed by atoms with Crippen molar-refractivity contribution in [3.8, 4) is 17.2 Å². The fourth-order valence-corrected chi connectivity index (χ4v) is 2.66. The molecule has 0 atom stereocenters. The number of hydrogen-bond donors (Lipinski definition) is 2. The maximum atomic E-state index is 12.4. The molecule has 0 bridgehead atoms. The first-order valence-electron chi connectivity index (χ1n) is 7.63. The SMILES string of the molecule is COc1cc(Cl)cc(C(=O)Nc2ccc(C#C[Si](C)(C)C)cn2)c1N. The summed E-state index contributed by atoms with van der Waals surface area (Å²) in [5.41, 5.74) is 10.5. The van der Waals surface area contributed by atoms with Gasteiger partial charge in [0.2, 0.25) is 0 Å². The highest BCUT2D eigenvalue weighted by molar-refractivity contribution is 6.83. The molecule has 0 spiro atoms. The predicted molar refractivity (Wildman–Crippen MR) is 105 cm³/mol. The molecule has 3 N–H and O–H groups in total. The summed E-state index contributed by atoms with van der Waals surface area (Å²) in [7, 11) is 0.0222. The van der Waals surface area contributed by atoms with Gasteiger partial charge in [0.1, 0.15) is 19.6 Å². The lowest BCUT2D eigenvalue weighted by atomic mass is 10.1. The summed E-state index contributed by atoms with van der Waals surface area (Å²) in [6.45, 7) is 6.52. The lowest BCUT2D eigenvalue weighted by Crippen LogP contribution is -2.16. The molecule has 0 aliphatic rings. The normalized spacial score (nSPS) is 10.6. The van der Waals surface area contributed by atoms with E-state index in [1.165, 1.54) is 13.2 Å². The number of hydrogen-bond acceptors (Lipinski definition) is 4. The number of carbonyl (C=O) groups excluding carboxylic acids is 1. The number of amides is 1. The Bertz CT molecular complexity index is 850. The molecule has 0 saturated carbocycles. The number of aromatic nitrogens is 1. The Morgan fingerprint density at radius 1 is 1.32 bits per heavy atom. The van der Waals surface area contributed by atoms with Crippen molar-refractivity contribution in [2.45, 2.75) is 19.6 Å². The highest BCUT2D eigenvalue weighted by atomic mass is 35.5. The quantitative estimate of drug-likeness (QED) is 0.487. The summed E-state index contributed by atoms with van der Waals surface area (Å²) in [5.74, 6) is 3.45. The fraction of sp³-hybridized carbons (Fsp3) is 0.222. The van der Waals surface area contributed by atoms with Crippen molar-refractivity contribution >= 4 is 37.1 Å². The largest absolute Gasteiger partial charge is 0.495 e. The molecule has 0 saturated heterocycles. The number of nitrogens with two attached hydrogens (primary N) is 1. The van der Waals surface area contributed by atoms with E-state index in [0.717, 1.165) is 5.56 Å². The van der Waals surface area contributed by atoms with Crippen molar-refractivity contribution in [2.24, 2.45) is 0 Å². The van der Waals surface area contributed by atoms with Crippen LogP contribution < -0.4 is 15.8 Å². The van der Waals surface area contributed by atoms with Crippen LogP contribution in [0.15, 0.2) is 30.5 Å². The van der Waals surface area contributed by atoms with Crippen molar-refractivity contribution in [3.63, 3.8) is 0 Å². The molecule has 0 fully saturated rings. The Labute approximate surface area is 153 Å². The van der Waals surface area contributed by atoms with Gasteiger partial charge in [-0.2, -0.15) is 0 Å². The molecular weight excluding hydrogens is 354 g/mol. The third-order valence-electron chi connectivity index (χ3n) is 3.16. The third-order valence-corrected chi connectivity index (χ3v) is 4.25. The van der Waals surface area contributed by atoms with Gasteiger partial charge in [-0.25, -0.2) is 4.98 Å². The lowest BCUT2D eigenvalue weighted by Gasteiger charge is -2.11. The van der Waals surface area contributed by atoms with Gasteiger partial charge >= 0.3 is 0 Å². The Morgan fingerprint density at radius 2 is 2.04 bits per heavy atom. The summed E-state index contributed by atoms with van der Waals surface area (Å²) >= 11 is 6.00. The van der Waals surface area contributed by atoms with Crippen molar-refractivity contribution in [2.75, 3.05) is 18.2 Å². The average Bonchev–Trinajstić information content (AvgIpc) is 2.55. The van der Waals surface area contributed by atoms with E-state index in [4.69, 9.17) is 22.1 Å². The maximum Gasteiger partial charge on any atom is 0.259 e. The van der Waals surface area contributed by atoms with Crippen LogP contribution in [0.2, 0.25) is 24.7 Å². The second kappa shape index (κ2) is 7.60. The van der Waals surface area contributed by atoms with Crippen LogP contribution in [0.1, 0.15) is 15.9 Å². The third kappa shape index (κ3) is 5.24. The Hall–Kier alpha value is -2.49. The summed E-state index contributed by atoms with van der Waals surface area (Å²) in [4.78, 5) is 16.6. The molecule has 1 aromatic carbocycles. The van der Waals surface area contributed by atoms with Crippen molar-refractivity contribution in [1.29, 1.82) is 0 Å². The predicted octanol–water partition coefficient (Wildman–Crippen LogP) is 3.81. The molecule has 5 nitrogen and oxygen atoms in total. The van der Waals surface area contributed by atoms with Crippen LogP contribution in [0.3, 0.4) is 0 Å². The van der Waals surface area contributed by atoms with Gasteiger partial charge in [0.25, 0.3) is 5.91 Å². The van der Waals surface area contributed by atoms with Crippen LogP contribution in [-0.4, -0.2) is 26.1 Å². The van der Waals surface area contributed by atoms with Gasteiger partial charge in [-0.15, -0.1) is 5.54 Å². The highest BCUT2D eigenvalue weighted by Gasteiger charge is 2.15. The topological polar surface area (TPSA) is 77.2 Å². The molecule has 1 heterocycles. The maximum absolute atomic E-state index is 12.4. The van der Waals surface area contributed by atoms with Gasteiger partial charge in [-0.3, -0.25) is 4.79 Å². The highest BCUT2D eigenvalue weighted by Crippen LogP contribution is 2.30. The molecule has 0 radical (unpaired) electrons. The molecular formula is C18H20ClN3O2Si. The van der Waals surface area contributed by atoms with E-state index in [1.807, 2.05) is 6.07 Å². The number of carbonyl (C=O) groups is 1. The number of nitrogens with zero attached hydrogens (tertiary/aromatic N) is 1. The molecule has 2 rings (SSSR count). The summed E-state index contributed by atoms with van der Waals surface area (Å²) in [6.07, 6.45) is 1.63. The Morgan fingerprint density at radius 3 is 2.60 bits per heavy atom. The Kier molecular flexibility index (Phi) is 5.72. The minimum absolute atomic E-state index is 0.224. The summed E-state index contributed by atoms with van der Waals surface area (Å²) < 4.78 is 5.12. The van der Waals surface area contributed by atoms with E-state index in [0.29, 0.717) is 16.6 Å². The van der Waals surface area contributed by atoms with Crippen molar-refractivity contribution < 1.29 is 9.53 Å². The van der Waals surface area contributed by atoms with E-state index in [2.05, 4.69) is 41.4 Å². The standard InChI is InChI=1S/C18H20ClN3O2Si/c1-24-15-10-13(19)9-14(17(15)20)18(23)22-16-6-5-12(11-21-16)7-8-25(2,3)4/h5-6,9-11H,20H2,1-4H3,(H,21,22,23). The summed E-state index contributed by atoms with van der Waals surface area (Å²) in [5, 5.41) is 3.06. The number of halogens is 1. The van der Waals surface area contributed by atoms with Gasteiger partial charge in [0, 0.05) is 22.8 Å². The van der Waals surface area contributed by atoms with Crippen LogP contribution in [0.4, 0.5) is 11.5 Å². The summed E-state index contributed by atoms with van der Waals surface area (Å²) in [6, 6.07) is 6.56. The fourth-order valence-electron chi connectivity index (χ4n) is 1.93. The van der Waals surface area contributed by atoms with E-state index in [9.17, 15) is 4.79 Å². The van der Waals surface area contributed by atoms with Crippen LogP contribution in [0.5, 0.6) is 5.75 Å². The number of benzene rings is 1. The van der Waals surface area contributed by atoms with Crippen LogP contribution >= 0.6 is 11.6 Å². The van der Waals surface area contributed by atoms with Crippen molar-refractivity contribution in [3.05, 3.63) is 46.6 Å². The molecule has 130 valence electrons. The number of nitrogen functional groups attached to an aromatic ring is 1. The van der Waals surface area contributed by atoms with Gasteiger partial charge in [0.15, 0.2) is 0 Å². The van der Waals surface area contributed by atoms with Gasteiger partial charge in [-0.1, -0.05) is 37.2 Å². The van der Waals surface area contributed by atoms with Gasteiger partial charge < -0.3 is 15.8 Å². The number of ether oxygens (including phenoxy) is 1. The number of anilines is 2. The van der Waals surface area contributed by atoms with Crippen LogP contribution in [-0.2, 0) is 0 Å². The molecule has 0 aliphatic heterocycles. The second-order valence-corrected chi connectivity index (χ2v) is 11.6. The molecule has 25 heavy (non-hydrogen) atoms. The molecule has 2 aromatic rings. The molecule has 0 unspecified atom stereocenters. The number of pyridine rings is 1. The minimum Gasteiger partial charge on any atom is -0.495 e. The van der Waals surface area contributed by atoms with E-state index < -0.39 is 14.0 Å². The smallest absolute Gasteiger partial charge is 0.259 e. The lowest BCUT2D eigenvalue weighted by molar-refractivity contribution is 0.102. The first kappa shape index (κ1) is 18.8. The van der Waals surface area contributed by atoms with Crippen LogP contribution in [0.25, 0.3) is 0 Å². The zero-order valence-electron chi connectivity index (χ0n) is 14.6. The van der Waals surface area contributed by atoms with E-state index in [1.54, 1.807) is 18.3 Å². The first-order valence-corrected chi connectivity index (χ1v) is 11.5. The zero-order valence-corrected chi connectivity index (χ0v) is 16.4. The minimum atomic E-state index is -1.44. The zero-order chi connectivity index (χ0) is 18.6.